The van der Waals surface area contributed by atoms with Gasteiger partial charge in [0.1, 0.15) is 0 Å². The van der Waals surface area contributed by atoms with Gasteiger partial charge in [-0.05, 0) is 20.0 Å². The molecule has 1 saturated heterocycles. The van der Waals surface area contributed by atoms with Gasteiger partial charge >= 0.3 is 18.3 Å². The van der Waals surface area contributed by atoms with Gasteiger partial charge in [-0.3, -0.25) is 24.2 Å². The standard InChI is InChI=1S/C27H48F6N6O5/c1-4-36-7-8-37(5-2)10-12-39(17-24(42)43)14-13-38(11-9-36)16-23(41)34-15-22(40)35-20-25(21-44-6-3,18-26(28,29)30)19-27(31,32)33/h4-21H2,1-3H3,(H,34,41)(H,35,40)(H,42,43). The van der Waals surface area contributed by atoms with Gasteiger partial charge in [0.05, 0.1) is 39.1 Å². The predicted octanol–water partition coefficient (Wildman–Crippen LogP) is 1.49. The van der Waals surface area contributed by atoms with E-state index in [1.807, 2.05) is 18.7 Å². The summed E-state index contributed by atoms with van der Waals surface area (Å²) in [6.07, 6.45) is -13.5. The summed E-state index contributed by atoms with van der Waals surface area (Å²) in [6.45, 7) is 8.93. The Morgan fingerprint density at radius 2 is 1.11 bits per heavy atom. The SMILES string of the molecule is CCOCC(CNC(=O)CNC(=O)CN1CCN(CC)CCN(CC)CCN(CC(=O)O)CC1)(CC(F)(F)F)CC(F)(F)F. The van der Waals surface area contributed by atoms with Gasteiger partial charge in [0.25, 0.3) is 0 Å². The topological polar surface area (TPSA) is 118 Å². The number of ether oxygens (including phenoxy) is 1. The van der Waals surface area contributed by atoms with Crippen molar-refractivity contribution in [3.63, 3.8) is 0 Å². The summed E-state index contributed by atoms with van der Waals surface area (Å²) in [6, 6.07) is 0. The Balaban J connectivity index is 2.84. The van der Waals surface area contributed by atoms with Crippen LogP contribution in [0.1, 0.15) is 33.6 Å². The van der Waals surface area contributed by atoms with E-state index in [4.69, 9.17) is 4.74 Å². The molecular formula is C27H48F6N6O5. The van der Waals surface area contributed by atoms with Crippen LogP contribution in [0.5, 0.6) is 0 Å². The van der Waals surface area contributed by atoms with Gasteiger partial charge in [0, 0.05) is 70.9 Å². The zero-order chi connectivity index (χ0) is 33.4. The van der Waals surface area contributed by atoms with Crippen LogP contribution >= 0.6 is 0 Å². The summed E-state index contributed by atoms with van der Waals surface area (Å²) in [5.74, 6) is -2.48. The van der Waals surface area contributed by atoms with Gasteiger partial charge in [-0.15, -0.1) is 0 Å². The van der Waals surface area contributed by atoms with Crippen LogP contribution in [-0.4, -0.2) is 160 Å². The molecule has 0 aliphatic carbocycles. The normalized spacial score (nSPS) is 17.9. The Morgan fingerprint density at radius 3 is 1.50 bits per heavy atom. The molecule has 0 aromatic heterocycles. The molecule has 0 unspecified atom stereocenters. The third kappa shape index (κ3) is 17.9. The monoisotopic (exact) mass is 650 g/mol. The van der Waals surface area contributed by atoms with Crippen molar-refractivity contribution in [3.8, 4) is 0 Å². The van der Waals surface area contributed by atoms with Crippen molar-refractivity contribution in [1.82, 2.24) is 30.2 Å². The summed E-state index contributed by atoms with van der Waals surface area (Å²) >= 11 is 0. The zero-order valence-corrected chi connectivity index (χ0v) is 25.9. The number of hydrogen-bond donors (Lipinski definition) is 3. The second-order valence-corrected chi connectivity index (χ2v) is 11.1. The highest BCUT2D eigenvalue weighted by Crippen LogP contribution is 2.42. The van der Waals surface area contributed by atoms with Gasteiger partial charge in [0.15, 0.2) is 0 Å². The minimum Gasteiger partial charge on any atom is -0.480 e. The maximum Gasteiger partial charge on any atom is 0.389 e. The van der Waals surface area contributed by atoms with Crippen molar-refractivity contribution in [1.29, 1.82) is 0 Å². The van der Waals surface area contributed by atoms with Gasteiger partial charge in [-0.1, -0.05) is 13.8 Å². The van der Waals surface area contributed by atoms with Gasteiger partial charge < -0.3 is 30.3 Å². The fourth-order valence-corrected chi connectivity index (χ4v) is 5.01. The molecule has 258 valence electrons. The highest BCUT2D eigenvalue weighted by atomic mass is 19.4. The van der Waals surface area contributed by atoms with E-state index in [1.54, 1.807) is 4.90 Å². The molecule has 3 N–H and O–H groups in total. The molecule has 0 spiro atoms. The Kier molecular flexibility index (Phi) is 17.5. The summed E-state index contributed by atoms with van der Waals surface area (Å²) in [7, 11) is 0. The summed E-state index contributed by atoms with van der Waals surface area (Å²) < 4.78 is 84.3. The van der Waals surface area contributed by atoms with Crippen molar-refractivity contribution in [2.75, 3.05) is 105 Å². The molecular weight excluding hydrogens is 602 g/mol. The van der Waals surface area contributed by atoms with Crippen molar-refractivity contribution in [2.45, 2.75) is 46.0 Å². The van der Waals surface area contributed by atoms with Crippen LogP contribution in [0.2, 0.25) is 0 Å². The zero-order valence-electron chi connectivity index (χ0n) is 25.9. The molecule has 44 heavy (non-hydrogen) atoms. The van der Waals surface area contributed by atoms with E-state index in [9.17, 15) is 45.8 Å². The van der Waals surface area contributed by atoms with Crippen LogP contribution in [0.25, 0.3) is 0 Å². The lowest BCUT2D eigenvalue weighted by atomic mass is 9.81. The fourth-order valence-electron chi connectivity index (χ4n) is 5.01. The Hall–Kier alpha value is -2.21. The second kappa shape index (κ2) is 19.3. The van der Waals surface area contributed by atoms with Crippen molar-refractivity contribution >= 4 is 17.8 Å². The molecule has 17 heteroatoms. The molecule has 0 atom stereocenters. The van der Waals surface area contributed by atoms with Crippen LogP contribution in [0, 0.1) is 5.41 Å². The number of likely N-dealkylation sites (N-methyl/N-ethyl adjacent to an activating group) is 2. The summed E-state index contributed by atoms with van der Waals surface area (Å²) in [4.78, 5) is 44.6. The maximum atomic E-state index is 13.2. The molecule has 11 nitrogen and oxygen atoms in total. The minimum atomic E-state index is -4.94. The first-order valence-electron chi connectivity index (χ1n) is 14.9. The minimum absolute atomic E-state index is 0.112. The van der Waals surface area contributed by atoms with Crippen LogP contribution in [0.3, 0.4) is 0 Å². The molecule has 2 amide bonds. The Labute approximate surface area is 255 Å². The number of carbonyl (C=O) groups is 3. The number of nitrogens with zero attached hydrogens (tertiary/aromatic N) is 4. The maximum absolute atomic E-state index is 13.2. The second-order valence-electron chi connectivity index (χ2n) is 11.1. The van der Waals surface area contributed by atoms with Crippen LogP contribution in [0.15, 0.2) is 0 Å². The average Bonchev–Trinajstić information content (AvgIpc) is 2.90. The van der Waals surface area contributed by atoms with E-state index in [2.05, 4.69) is 20.4 Å². The van der Waals surface area contributed by atoms with Crippen LogP contribution in [-0.2, 0) is 19.1 Å². The number of carboxylic acids is 1. The highest BCUT2D eigenvalue weighted by molar-refractivity contribution is 5.85. The fraction of sp³-hybridized carbons (Fsp3) is 0.889. The first kappa shape index (κ1) is 39.8. The first-order chi connectivity index (χ1) is 20.5. The van der Waals surface area contributed by atoms with E-state index in [0.29, 0.717) is 39.3 Å². The number of alkyl halides is 6. The molecule has 1 rings (SSSR count). The summed E-state index contributed by atoms with van der Waals surface area (Å²) in [5.41, 5.74) is -2.47. The molecule has 0 saturated carbocycles. The first-order valence-corrected chi connectivity index (χ1v) is 14.9. The number of hydrogen-bond acceptors (Lipinski definition) is 8. The largest absolute Gasteiger partial charge is 0.480 e. The number of nitrogens with one attached hydrogen (secondary N) is 2. The number of amides is 2. The van der Waals surface area contributed by atoms with Crippen molar-refractivity contribution in [2.24, 2.45) is 5.41 Å². The lowest BCUT2D eigenvalue weighted by molar-refractivity contribution is -0.204. The highest BCUT2D eigenvalue weighted by Gasteiger charge is 2.49. The van der Waals surface area contributed by atoms with E-state index < -0.39 is 68.1 Å². The molecule has 1 aliphatic rings. The molecule has 0 aromatic carbocycles. The quantitative estimate of drug-likeness (QED) is 0.227. The number of rotatable bonds is 15. The number of carboxylic acid groups (broad SMARTS) is 1. The molecule has 0 bridgehead atoms. The smallest absolute Gasteiger partial charge is 0.389 e. The van der Waals surface area contributed by atoms with Crippen LogP contribution in [0.4, 0.5) is 26.3 Å². The van der Waals surface area contributed by atoms with E-state index in [-0.39, 0.29) is 19.7 Å². The number of halogens is 6. The summed E-state index contributed by atoms with van der Waals surface area (Å²) in [5, 5.41) is 13.8. The van der Waals surface area contributed by atoms with Gasteiger partial charge in [0.2, 0.25) is 11.8 Å². The third-order valence-electron chi connectivity index (χ3n) is 7.42. The Bertz CT molecular complexity index is 863. The van der Waals surface area contributed by atoms with Crippen molar-refractivity contribution < 1.29 is 50.6 Å². The van der Waals surface area contributed by atoms with Gasteiger partial charge in [-0.25, -0.2) is 0 Å². The van der Waals surface area contributed by atoms with E-state index >= 15 is 0 Å². The van der Waals surface area contributed by atoms with Gasteiger partial charge in [-0.2, -0.15) is 26.3 Å². The molecule has 1 aliphatic heterocycles. The molecule has 1 fully saturated rings. The third-order valence-corrected chi connectivity index (χ3v) is 7.42. The van der Waals surface area contributed by atoms with E-state index in [0.717, 1.165) is 26.2 Å². The van der Waals surface area contributed by atoms with Crippen molar-refractivity contribution in [3.05, 3.63) is 0 Å². The average molecular weight is 651 g/mol. The molecule has 1 heterocycles. The predicted molar refractivity (Wildman–Crippen MR) is 151 cm³/mol. The molecule has 0 radical (unpaired) electrons. The number of aliphatic carboxylic acids is 1. The Morgan fingerprint density at radius 1 is 0.682 bits per heavy atom. The molecule has 0 aromatic rings. The van der Waals surface area contributed by atoms with Crippen LogP contribution < -0.4 is 10.6 Å². The lowest BCUT2D eigenvalue weighted by Crippen LogP contribution is -2.50. The lowest BCUT2D eigenvalue weighted by Gasteiger charge is -2.35. The number of carbonyl (C=O) groups excluding carboxylic acids is 2. The van der Waals surface area contributed by atoms with E-state index in [1.165, 1.54) is 6.92 Å².